The van der Waals surface area contributed by atoms with E-state index < -0.39 is 0 Å². The van der Waals surface area contributed by atoms with Crippen molar-refractivity contribution in [2.45, 2.75) is 26.7 Å². The highest BCUT2D eigenvalue weighted by Gasteiger charge is 2.30. The highest BCUT2D eigenvalue weighted by Crippen LogP contribution is 2.26. The van der Waals surface area contributed by atoms with Crippen molar-refractivity contribution in [3.63, 3.8) is 0 Å². The van der Waals surface area contributed by atoms with Crippen molar-refractivity contribution in [1.82, 2.24) is 4.90 Å². The van der Waals surface area contributed by atoms with Crippen LogP contribution in [-0.2, 0) is 9.53 Å². The van der Waals surface area contributed by atoms with Crippen LogP contribution in [0.1, 0.15) is 30.9 Å². The molecule has 5 heteroatoms. The lowest BCUT2D eigenvalue weighted by Gasteiger charge is -2.37. The van der Waals surface area contributed by atoms with E-state index in [2.05, 4.69) is 55.1 Å². The van der Waals surface area contributed by atoms with Gasteiger partial charge in [0.05, 0.1) is 24.8 Å². The molecule has 0 radical (unpaired) electrons. The Kier molecular flexibility index (Phi) is 6.48. The molecule has 2 aromatic rings. The molecule has 0 spiro atoms. The number of carbonyl (C=O) groups excluding carboxylic acids is 1. The maximum Gasteiger partial charge on any atom is 0.227 e. The monoisotopic (exact) mass is 405 g/mol. The highest BCUT2D eigenvalue weighted by molar-refractivity contribution is 6.01. The zero-order valence-corrected chi connectivity index (χ0v) is 18.0. The number of amides is 1. The number of hydrogen-bond acceptors (Lipinski definition) is 4. The average Bonchev–Trinajstić information content (AvgIpc) is 2.81. The molecule has 2 aliphatic heterocycles. The van der Waals surface area contributed by atoms with Crippen LogP contribution in [0.2, 0.25) is 0 Å². The van der Waals surface area contributed by atoms with Gasteiger partial charge in [-0.25, -0.2) is 0 Å². The predicted octanol–water partition coefficient (Wildman–Crippen LogP) is 4.21. The number of carbonyl (C=O) groups is 1. The highest BCUT2D eigenvalue weighted by atomic mass is 16.5. The Morgan fingerprint density at radius 2 is 1.87 bits per heavy atom. The predicted molar refractivity (Wildman–Crippen MR) is 122 cm³/mol. The van der Waals surface area contributed by atoms with Crippen molar-refractivity contribution in [3.05, 3.63) is 59.7 Å². The number of hydrogen-bond donors (Lipinski definition) is 0. The quantitative estimate of drug-likeness (QED) is 0.716. The Hall–Kier alpha value is -2.66. The molecular weight excluding hydrogens is 374 g/mol. The lowest BCUT2D eigenvalue weighted by molar-refractivity contribution is -0.139. The summed E-state index contributed by atoms with van der Waals surface area (Å²) in [6.07, 6.45) is 2.02. The molecule has 1 unspecified atom stereocenters. The molecule has 2 heterocycles. The van der Waals surface area contributed by atoms with Crippen molar-refractivity contribution in [2.75, 3.05) is 44.3 Å². The molecular formula is C25H31N3O2. The van der Waals surface area contributed by atoms with E-state index in [1.807, 2.05) is 17.0 Å². The van der Waals surface area contributed by atoms with E-state index in [0.717, 1.165) is 56.0 Å². The maximum absolute atomic E-state index is 13.0. The van der Waals surface area contributed by atoms with Gasteiger partial charge in [0.15, 0.2) is 0 Å². The Balaban J connectivity index is 1.49. The van der Waals surface area contributed by atoms with Gasteiger partial charge < -0.3 is 14.5 Å². The van der Waals surface area contributed by atoms with Crippen LogP contribution in [0.3, 0.4) is 0 Å². The first-order valence-electron chi connectivity index (χ1n) is 10.9. The number of rotatable bonds is 4. The van der Waals surface area contributed by atoms with Crippen molar-refractivity contribution in [1.29, 1.82) is 0 Å². The molecule has 2 fully saturated rings. The molecule has 0 N–H and O–H groups in total. The van der Waals surface area contributed by atoms with E-state index >= 15 is 0 Å². The summed E-state index contributed by atoms with van der Waals surface area (Å²) in [5, 5.41) is 0. The Labute approximate surface area is 179 Å². The van der Waals surface area contributed by atoms with Crippen LogP contribution in [0.5, 0.6) is 0 Å². The summed E-state index contributed by atoms with van der Waals surface area (Å²) in [7, 11) is 0. The van der Waals surface area contributed by atoms with Gasteiger partial charge >= 0.3 is 0 Å². The zero-order valence-electron chi connectivity index (χ0n) is 18.0. The zero-order chi connectivity index (χ0) is 20.9. The number of nitrogens with zero attached hydrogens (tertiary/aromatic N) is 3. The second kappa shape index (κ2) is 9.43. The minimum Gasteiger partial charge on any atom is -0.378 e. The Bertz CT molecular complexity index is 918. The van der Waals surface area contributed by atoms with Gasteiger partial charge in [0.25, 0.3) is 0 Å². The van der Waals surface area contributed by atoms with Gasteiger partial charge in [-0.3, -0.25) is 9.79 Å². The number of benzene rings is 2. The van der Waals surface area contributed by atoms with Gasteiger partial charge in [-0.05, 0) is 56.0 Å². The molecule has 2 aliphatic rings. The molecule has 158 valence electrons. The number of morpholine rings is 1. The summed E-state index contributed by atoms with van der Waals surface area (Å²) in [6, 6.07) is 16.8. The smallest absolute Gasteiger partial charge is 0.227 e. The summed E-state index contributed by atoms with van der Waals surface area (Å²) < 4.78 is 5.40. The minimum atomic E-state index is 0.0715. The number of aliphatic imine (C=N–C) groups is 1. The Morgan fingerprint density at radius 3 is 2.67 bits per heavy atom. The van der Waals surface area contributed by atoms with Gasteiger partial charge in [-0.1, -0.05) is 30.3 Å². The Morgan fingerprint density at radius 1 is 1.07 bits per heavy atom. The van der Waals surface area contributed by atoms with Crippen LogP contribution in [0.4, 0.5) is 11.4 Å². The van der Waals surface area contributed by atoms with Crippen LogP contribution in [-0.4, -0.2) is 55.9 Å². The fourth-order valence-electron chi connectivity index (χ4n) is 4.32. The summed E-state index contributed by atoms with van der Waals surface area (Å²) in [5.74, 6) is 0.360. The first-order valence-corrected chi connectivity index (χ1v) is 10.9. The first-order chi connectivity index (χ1) is 14.6. The van der Waals surface area contributed by atoms with Crippen molar-refractivity contribution >= 4 is 23.0 Å². The number of para-hydroxylation sites is 1. The molecule has 30 heavy (non-hydrogen) atoms. The fourth-order valence-corrected chi connectivity index (χ4v) is 4.32. The molecule has 0 aromatic heterocycles. The molecule has 2 aromatic carbocycles. The third kappa shape index (κ3) is 4.73. The van der Waals surface area contributed by atoms with Gasteiger partial charge in [0.1, 0.15) is 0 Å². The van der Waals surface area contributed by atoms with Crippen molar-refractivity contribution in [3.8, 4) is 0 Å². The number of piperidine rings is 1. The second-order valence-electron chi connectivity index (χ2n) is 8.26. The van der Waals surface area contributed by atoms with Crippen LogP contribution < -0.4 is 4.90 Å². The second-order valence-corrected chi connectivity index (χ2v) is 8.26. The van der Waals surface area contributed by atoms with Crippen molar-refractivity contribution < 1.29 is 9.53 Å². The number of aryl methyl sites for hydroxylation is 1. The van der Waals surface area contributed by atoms with E-state index in [4.69, 9.17) is 9.73 Å². The topological polar surface area (TPSA) is 45.1 Å². The molecule has 0 bridgehead atoms. The molecule has 0 aliphatic carbocycles. The molecule has 2 saturated heterocycles. The molecule has 1 atom stereocenters. The minimum absolute atomic E-state index is 0.0715. The normalized spacial score (nSPS) is 20.3. The van der Waals surface area contributed by atoms with E-state index in [1.165, 1.54) is 11.3 Å². The molecule has 4 rings (SSSR count). The number of anilines is 1. The fraction of sp³-hybridized carbons (Fsp3) is 0.440. The third-order valence-corrected chi connectivity index (χ3v) is 6.13. The lowest BCUT2D eigenvalue weighted by Crippen LogP contribution is -2.48. The SMILES string of the molecule is CC(=Nc1ccccc1C)c1cccc(N2CCCC(C(=O)N3CCOCC3)C2)c1. The number of ether oxygens (including phenoxy) is 1. The van der Waals surface area contributed by atoms with Crippen LogP contribution in [0.25, 0.3) is 0 Å². The van der Waals surface area contributed by atoms with E-state index in [-0.39, 0.29) is 11.8 Å². The lowest BCUT2D eigenvalue weighted by atomic mass is 9.95. The van der Waals surface area contributed by atoms with Gasteiger partial charge in [-0.2, -0.15) is 0 Å². The average molecular weight is 406 g/mol. The van der Waals surface area contributed by atoms with Crippen LogP contribution in [0.15, 0.2) is 53.5 Å². The van der Waals surface area contributed by atoms with Crippen LogP contribution in [0, 0.1) is 12.8 Å². The largest absolute Gasteiger partial charge is 0.378 e. The first kappa shape index (κ1) is 20.6. The van der Waals surface area contributed by atoms with E-state index in [9.17, 15) is 4.79 Å². The van der Waals surface area contributed by atoms with Gasteiger partial charge in [-0.15, -0.1) is 0 Å². The van der Waals surface area contributed by atoms with Gasteiger partial charge in [0, 0.05) is 37.6 Å². The molecule has 5 nitrogen and oxygen atoms in total. The van der Waals surface area contributed by atoms with Crippen LogP contribution >= 0.6 is 0 Å². The van der Waals surface area contributed by atoms with E-state index in [1.54, 1.807) is 0 Å². The summed E-state index contributed by atoms with van der Waals surface area (Å²) in [5.41, 5.74) is 5.48. The summed E-state index contributed by atoms with van der Waals surface area (Å²) in [4.78, 5) is 22.1. The molecule has 1 amide bonds. The molecule has 0 saturated carbocycles. The maximum atomic E-state index is 13.0. The third-order valence-electron chi connectivity index (χ3n) is 6.13. The van der Waals surface area contributed by atoms with E-state index in [0.29, 0.717) is 13.2 Å². The van der Waals surface area contributed by atoms with Crippen molar-refractivity contribution in [2.24, 2.45) is 10.9 Å². The van der Waals surface area contributed by atoms with Gasteiger partial charge in [0.2, 0.25) is 5.91 Å². The standard InChI is InChI=1S/C25H31N3O2/c1-19-7-3-4-11-24(19)26-20(2)21-8-5-10-23(17-21)28-12-6-9-22(18-28)25(29)27-13-15-30-16-14-27/h3-5,7-8,10-11,17,22H,6,9,12-16,18H2,1-2H3. The summed E-state index contributed by atoms with van der Waals surface area (Å²) >= 11 is 0. The summed E-state index contributed by atoms with van der Waals surface area (Å²) in [6.45, 7) is 8.68.